The number of phosphoric ester groups is 1. The van der Waals surface area contributed by atoms with Crippen LogP contribution in [0, 0.1) is 0 Å². The quantitative estimate of drug-likeness (QED) is 0.0931. The Labute approximate surface area is 245 Å². The van der Waals surface area contributed by atoms with Crippen molar-refractivity contribution in [1.29, 1.82) is 0 Å². The van der Waals surface area contributed by atoms with Gasteiger partial charge in [-0.25, -0.2) is 0 Å². The number of thiophene rings is 1. The van der Waals surface area contributed by atoms with Crippen molar-refractivity contribution < 1.29 is 27.7 Å². The second-order valence-electron chi connectivity index (χ2n) is 9.96. The van der Waals surface area contributed by atoms with Crippen molar-refractivity contribution in [2.75, 3.05) is 62.9 Å². The van der Waals surface area contributed by atoms with Crippen LogP contribution < -0.4 is 20.1 Å². The number of anilines is 1. The summed E-state index contributed by atoms with van der Waals surface area (Å²) in [5.74, 6) is 0.703. The Morgan fingerprint density at radius 3 is 2.70 bits per heavy atom. The van der Waals surface area contributed by atoms with Crippen LogP contribution in [-0.4, -0.2) is 67.5 Å². The molecular weight excluding hydrogens is 617 g/mol. The van der Waals surface area contributed by atoms with Crippen LogP contribution in [0.15, 0.2) is 64.8 Å². The van der Waals surface area contributed by atoms with Gasteiger partial charge in [-0.05, 0) is 60.0 Å². The molecule has 1 unspecified atom stereocenters. The number of phosphoric acid groups is 1. The number of piperazine rings is 1. The average Bonchev–Trinajstić information content (AvgIpc) is 3.45. The molecule has 3 heterocycles. The molecule has 1 atom stereocenters. The van der Waals surface area contributed by atoms with Crippen LogP contribution in [0.5, 0.6) is 5.75 Å². The maximum atomic E-state index is 12.3. The lowest BCUT2D eigenvalue weighted by Gasteiger charge is -2.46. The fourth-order valence-corrected chi connectivity index (χ4v) is 7.13. The molecule has 1 aliphatic heterocycles. The Hall–Kier alpha value is -2.24. The molecule has 9 nitrogen and oxygen atoms in total. The number of nitrogens with one attached hydrogen (secondary N) is 1. The van der Waals surface area contributed by atoms with Gasteiger partial charge in [0.25, 0.3) is 7.82 Å². The molecule has 4 aromatic rings. The van der Waals surface area contributed by atoms with Crippen LogP contribution >= 0.6 is 35.1 Å². The van der Waals surface area contributed by atoms with Crippen molar-refractivity contribution in [3.63, 3.8) is 0 Å². The van der Waals surface area contributed by atoms with Gasteiger partial charge in [0.15, 0.2) is 6.73 Å². The highest BCUT2D eigenvalue weighted by Crippen LogP contribution is 2.39. The van der Waals surface area contributed by atoms with E-state index >= 15 is 0 Å². The molecule has 0 saturated carbocycles. The number of H-pyrrole nitrogens is 1. The van der Waals surface area contributed by atoms with Gasteiger partial charge in [0.1, 0.15) is 5.75 Å². The van der Waals surface area contributed by atoms with E-state index in [4.69, 9.17) is 13.8 Å². The number of aromatic nitrogens is 1. The number of nitrogens with zero attached hydrogens (tertiary/aromatic N) is 2. The zero-order valence-electron chi connectivity index (χ0n) is 22.1. The summed E-state index contributed by atoms with van der Waals surface area (Å²) in [6, 6.07) is 17.5. The summed E-state index contributed by atoms with van der Waals surface area (Å²) >= 11 is 4.92. The molecule has 12 heteroatoms. The maximum absolute atomic E-state index is 12.3. The number of hydrogen-bond acceptors (Lipinski definition) is 8. The number of pyridine rings is 1. The van der Waals surface area contributed by atoms with E-state index in [9.17, 15) is 14.3 Å². The van der Waals surface area contributed by atoms with E-state index in [1.807, 2.05) is 18.2 Å². The zero-order valence-corrected chi connectivity index (χ0v) is 25.4. The Balaban J connectivity index is 1.19. The Bertz CT molecular complexity index is 1540. The van der Waals surface area contributed by atoms with Crippen molar-refractivity contribution in [1.82, 2.24) is 4.98 Å². The first kappa shape index (κ1) is 29.3. The van der Waals surface area contributed by atoms with Gasteiger partial charge in [0, 0.05) is 33.2 Å². The van der Waals surface area contributed by atoms with Crippen LogP contribution in [0.1, 0.15) is 12.8 Å². The molecule has 0 bridgehead atoms. The summed E-state index contributed by atoms with van der Waals surface area (Å²) < 4.78 is 30.4. The smallest absolute Gasteiger partial charge is 0.272 e. The highest BCUT2D eigenvalue weighted by Gasteiger charge is 2.34. The molecule has 0 amide bonds. The summed E-state index contributed by atoms with van der Waals surface area (Å²) in [5.41, 5.74) is 1.82. The lowest BCUT2D eigenvalue weighted by atomic mass is 10.1. The maximum Gasteiger partial charge on any atom is 0.272 e. The minimum absolute atomic E-state index is 0.0409. The molecule has 2 aromatic heterocycles. The molecule has 1 fully saturated rings. The fourth-order valence-electron chi connectivity index (χ4n) is 5.14. The third-order valence-corrected chi connectivity index (χ3v) is 9.45. The Kier molecular flexibility index (Phi) is 9.63. The summed E-state index contributed by atoms with van der Waals surface area (Å²) in [6.07, 6.45) is 1.65. The van der Waals surface area contributed by atoms with Crippen LogP contribution in [0.25, 0.3) is 21.0 Å². The minimum atomic E-state index is -4.38. The van der Waals surface area contributed by atoms with Crippen LogP contribution in [-0.2, 0) is 13.6 Å². The number of alkyl halides is 1. The van der Waals surface area contributed by atoms with Crippen LogP contribution in [0.4, 0.5) is 5.69 Å². The standard InChI is InChI=1S/C28H33BrN3O6PS/c29-11-18-37-39(34,35)38-21-32(15-12-31(13-16-32)26-4-3-5-27-24(26)10-19-40-27)14-1-2-17-36-23-8-6-22-7-9-28(33)30-25(22)20-23/h3-10,19-20H,1-2,11-18,21H2,(H-,30,33,34,35). The molecule has 2 aromatic carbocycles. The third kappa shape index (κ3) is 7.33. The number of unbranched alkanes of at least 4 members (excludes halogenated alkanes) is 1. The van der Waals surface area contributed by atoms with Crippen molar-refractivity contribution in [3.05, 3.63) is 70.3 Å². The molecule has 5 rings (SSSR count). The van der Waals surface area contributed by atoms with Crippen molar-refractivity contribution in [2.24, 2.45) is 0 Å². The van der Waals surface area contributed by atoms with E-state index < -0.39 is 7.82 Å². The Morgan fingerprint density at radius 2 is 1.88 bits per heavy atom. The summed E-state index contributed by atoms with van der Waals surface area (Å²) in [6.45, 7) is 4.51. The van der Waals surface area contributed by atoms with E-state index in [0.717, 1.165) is 56.5 Å². The minimum Gasteiger partial charge on any atom is -0.756 e. The topological polar surface area (TPSA) is 104 Å². The molecule has 0 spiro atoms. The first-order valence-corrected chi connectivity index (χ1v) is 16.8. The number of fused-ring (bicyclic) bond motifs is 2. The van der Waals surface area contributed by atoms with Gasteiger partial charge in [0.2, 0.25) is 5.56 Å². The predicted molar refractivity (Wildman–Crippen MR) is 162 cm³/mol. The van der Waals surface area contributed by atoms with Gasteiger partial charge in [0.05, 0.1) is 51.5 Å². The molecular formula is C28H33BrN3O6PS. The zero-order chi connectivity index (χ0) is 28.0. The van der Waals surface area contributed by atoms with Gasteiger partial charge in [-0.1, -0.05) is 22.0 Å². The van der Waals surface area contributed by atoms with E-state index in [0.29, 0.717) is 22.2 Å². The Morgan fingerprint density at radius 1 is 1.05 bits per heavy atom. The second kappa shape index (κ2) is 13.2. The molecule has 40 heavy (non-hydrogen) atoms. The lowest BCUT2D eigenvalue weighted by Crippen LogP contribution is -2.61. The monoisotopic (exact) mass is 649 g/mol. The number of benzene rings is 2. The van der Waals surface area contributed by atoms with Crippen molar-refractivity contribution in [2.45, 2.75) is 12.8 Å². The number of quaternary nitrogens is 1. The van der Waals surface area contributed by atoms with Gasteiger partial charge in [-0.2, -0.15) is 0 Å². The van der Waals surface area contributed by atoms with E-state index in [-0.39, 0.29) is 18.9 Å². The SMILES string of the molecule is O=c1ccc2ccc(OCCCC[N+]3(COP(=O)([O-])OCCBr)CCN(c4cccc5sccc45)CC3)cc2[nH]1. The van der Waals surface area contributed by atoms with Gasteiger partial charge in [-0.15, -0.1) is 11.3 Å². The number of halogens is 1. The number of rotatable bonds is 13. The third-order valence-electron chi connectivity index (χ3n) is 7.31. The van der Waals surface area contributed by atoms with Gasteiger partial charge in [-0.3, -0.25) is 18.4 Å². The average molecular weight is 651 g/mol. The van der Waals surface area contributed by atoms with Crippen molar-refractivity contribution >= 4 is 61.8 Å². The second-order valence-corrected chi connectivity index (χ2v) is 13.1. The van der Waals surface area contributed by atoms with E-state index in [1.165, 1.54) is 21.8 Å². The highest BCUT2D eigenvalue weighted by molar-refractivity contribution is 9.09. The predicted octanol–water partition coefficient (Wildman–Crippen LogP) is 5.09. The van der Waals surface area contributed by atoms with Crippen LogP contribution in [0.2, 0.25) is 0 Å². The summed E-state index contributed by atoms with van der Waals surface area (Å²) in [4.78, 5) is 29.2. The first-order chi connectivity index (χ1) is 19.4. The summed E-state index contributed by atoms with van der Waals surface area (Å²) in [7, 11) is -4.38. The fraction of sp³-hybridized carbons (Fsp3) is 0.393. The van der Waals surface area contributed by atoms with Crippen LogP contribution in [0.3, 0.4) is 0 Å². The molecule has 0 radical (unpaired) electrons. The number of aromatic amines is 1. The molecule has 1 N–H and O–H groups in total. The normalized spacial score (nSPS) is 16.8. The van der Waals surface area contributed by atoms with E-state index in [1.54, 1.807) is 17.4 Å². The number of ether oxygens (including phenoxy) is 1. The first-order valence-electron chi connectivity index (χ1n) is 13.3. The lowest BCUT2D eigenvalue weighted by molar-refractivity contribution is -0.943. The largest absolute Gasteiger partial charge is 0.756 e. The molecule has 1 aliphatic rings. The highest BCUT2D eigenvalue weighted by atomic mass is 79.9. The summed E-state index contributed by atoms with van der Waals surface area (Å²) in [5, 5.41) is 4.73. The number of hydrogen-bond donors (Lipinski definition) is 1. The molecule has 0 aliphatic carbocycles. The molecule has 214 valence electrons. The van der Waals surface area contributed by atoms with Gasteiger partial charge < -0.3 is 24.0 Å². The van der Waals surface area contributed by atoms with Gasteiger partial charge >= 0.3 is 0 Å². The van der Waals surface area contributed by atoms with E-state index in [2.05, 4.69) is 55.5 Å². The molecule has 1 saturated heterocycles. The van der Waals surface area contributed by atoms with Crippen molar-refractivity contribution in [3.8, 4) is 5.75 Å².